The molecule has 0 fully saturated rings. The van der Waals surface area contributed by atoms with E-state index in [1.165, 1.54) is 11.8 Å². The first-order valence-corrected chi connectivity index (χ1v) is 17.9. The van der Waals surface area contributed by atoms with Crippen LogP contribution in [0, 0.1) is 0 Å². The van der Waals surface area contributed by atoms with Crippen molar-refractivity contribution in [3.05, 3.63) is 81.9 Å². The van der Waals surface area contributed by atoms with Crippen LogP contribution in [0.3, 0.4) is 0 Å². The van der Waals surface area contributed by atoms with Crippen molar-refractivity contribution in [3.63, 3.8) is 0 Å². The van der Waals surface area contributed by atoms with E-state index in [4.69, 9.17) is 28.7 Å². The number of nitrogens with zero attached hydrogens (tertiary/aromatic N) is 2. The van der Waals surface area contributed by atoms with E-state index in [0.29, 0.717) is 52.9 Å². The van der Waals surface area contributed by atoms with E-state index in [0.717, 1.165) is 32.0 Å². The molecule has 0 spiro atoms. The zero-order valence-corrected chi connectivity index (χ0v) is 30.9. The fourth-order valence-corrected chi connectivity index (χ4v) is 6.87. The van der Waals surface area contributed by atoms with Crippen LogP contribution in [0.4, 0.5) is 11.4 Å². The standard InChI is InChI=1S/C37H51N7O2S2/c1-22(38)43-11-13-47-33-25(16-27(20-29(33)39)36(2,3)4)18-31(45)23-9-8-10-24(15-23)32(46)19-26-17-28(37(5,6)7)21-30(40)34(26)48-14-12-44-35(41)42/h8-10,15-17,20-21H,11-14,18-19,39-40H2,1-7H3,(H2,38,43)(H4,41,42,44). The maximum atomic E-state index is 13.8. The second kappa shape index (κ2) is 16.4. The third-order valence-electron chi connectivity index (χ3n) is 7.66. The number of amidine groups is 1. The molecule has 3 rings (SSSR count). The lowest BCUT2D eigenvalue weighted by Crippen LogP contribution is -2.23. The molecule has 9 nitrogen and oxygen atoms in total. The van der Waals surface area contributed by atoms with Crippen LogP contribution >= 0.6 is 23.5 Å². The topological polar surface area (TPSA) is 189 Å². The van der Waals surface area contributed by atoms with E-state index in [-0.39, 0.29) is 41.2 Å². The molecule has 0 saturated heterocycles. The Balaban J connectivity index is 1.91. The van der Waals surface area contributed by atoms with Gasteiger partial charge >= 0.3 is 0 Å². The molecule has 0 amide bonds. The van der Waals surface area contributed by atoms with Crippen LogP contribution in [0.5, 0.6) is 0 Å². The molecule has 0 aliphatic heterocycles. The van der Waals surface area contributed by atoms with Crippen molar-refractivity contribution in [1.29, 1.82) is 0 Å². The summed E-state index contributed by atoms with van der Waals surface area (Å²) in [7, 11) is 0. The normalized spacial score (nSPS) is 12.2. The number of hydrogen-bond acceptors (Lipinski definition) is 8. The number of nitrogens with two attached hydrogens (primary N) is 5. The van der Waals surface area contributed by atoms with Gasteiger partial charge < -0.3 is 28.7 Å². The number of aliphatic imine (C=N–C) groups is 2. The number of Topliss-reactive ketones (excluding diaryl/α,β-unsaturated/α-hetero) is 2. The van der Waals surface area contributed by atoms with Crippen LogP contribution in [0.25, 0.3) is 0 Å². The lowest BCUT2D eigenvalue weighted by Gasteiger charge is -2.23. The van der Waals surface area contributed by atoms with Crippen LogP contribution < -0.4 is 28.7 Å². The summed E-state index contributed by atoms with van der Waals surface area (Å²) in [6.07, 6.45) is 0.278. The number of benzene rings is 3. The molecule has 0 aromatic heterocycles. The van der Waals surface area contributed by atoms with Crippen LogP contribution in [0.1, 0.15) is 91.4 Å². The zero-order valence-electron chi connectivity index (χ0n) is 29.3. The number of hydrogen-bond donors (Lipinski definition) is 5. The number of rotatable bonds is 14. The van der Waals surface area contributed by atoms with Gasteiger partial charge in [-0.15, -0.1) is 23.5 Å². The van der Waals surface area contributed by atoms with E-state index >= 15 is 0 Å². The Kier molecular flexibility index (Phi) is 13.2. The highest BCUT2D eigenvalue weighted by Gasteiger charge is 2.23. The minimum absolute atomic E-state index is 0.0316. The molecule has 0 unspecified atom stereocenters. The molecule has 0 heterocycles. The lowest BCUT2D eigenvalue weighted by molar-refractivity contribution is 0.0991. The molecule has 0 saturated carbocycles. The van der Waals surface area contributed by atoms with E-state index < -0.39 is 0 Å². The predicted octanol–water partition coefficient (Wildman–Crippen LogP) is 6.13. The zero-order chi connectivity index (χ0) is 35.8. The molecule has 0 bridgehead atoms. The molecule has 0 atom stereocenters. The Labute approximate surface area is 294 Å². The van der Waals surface area contributed by atoms with Crippen molar-refractivity contribution in [2.75, 3.05) is 36.1 Å². The molecular weight excluding hydrogens is 639 g/mol. The van der Waals surface area contributed by atoms with Gasteiger partial charge in [0.1, 0.15) is 0 Å². The summed E-state index contributed by atoms with van der Waals surface area (Å²) in [5, 5.41) is 0. The molecule has 0 radical (unpaired) electrons. The predicted molar refractivity (Wildman–Crippen MR) is 206 cm³/mol. The molecule has 258 valence electrons. The SMILES string of the molecule is CC(N)=NCCSc1c(N)cc(C(C)(C)C)cc1CC(=O)c1cccc(C(=O)Cc2cc(C(C)(C)C)cc(N)c2SCCN=C(N)N)c1. The highest BCUT2D eigenvalue weighted by Crippen LogP contribution is 2.37. The summed E-state index contributed by atoms with van der Waals surface area (Å²) < 4.78 is 0. The Morgan fingerprint density at radius 2 is 1.08 bits per heavy atom. The van der Waals surface area contributed by atoms with Gasteiger partial charge in [0, 0.05) is 56.6 Å². The van der Waals surface area contributed by atoms with Crippen LogP contribution in [-0.4, -0.2) is 48.0 Å². The van der Waals surface area contributed by atoms with Gasteiger partial charge in [-0.1, -0.05) is 71.9 Å². The minimum Gasteiger partial charge on any atom is -0.398 e. The van der Waals surface area contributed by atoms with Crippen LogP contribution in [0.2, 0.25) is 0 Å². The summed E-state index contributed by atoms with van der Waals surface area (Å²) in [6, 6.07) is 15.0. The fourth-order valence-electron chi connectivity index (χ4n) is 5.02. The molecule has 48 heavy (non-hydrogen) atoms. The summed E-state index contributed by atoms with van der Waals surface area (Å²) in [5.41, 5.74) is 35.4. The van der Waals surface area contributed by atoms with Gasteiger partial charge in [-0.3, -0.25) is 19.6 Å². The van der Waals surface area contributed by atoms with Crippen molar-refractivity contribution >= 4 is 58.3 Å². The Hall–Kier alpha value is -3.96. The quantitative estimate of drug-likeness (QED) is 0.0331. The number of ketones is 2. The Bertz CT molecular complexity index is 1570. The van der Waals surface area contributed by atoms with E-state index in [1.807, 2.05) is 12.1 Å². The van der Waals surface area contributed by atoms with E-state index in [2.05, 4.69) is 63.7 Å². The van der Waals surface area contributed by atoms with Gasteiger partial charge in [0.25, 0.3) is 0 Å². The second-order valence-corrected chi connectivity index (χ2v) is 16.1. The third kappa shape index (κ3) is 11.1. The Morgan fingerprint density at radius 3 is 1.46 bits per heavy atom. The van der Waals surface area contributed by atoms with Crippen molar-refractivity contribution in [3.8, 4) is 0 Å². The van der Waals surface area contributed by atoms with E-state index in [9.17, 15) is 9.59 Å². The highest BCUT2D eigenvalue weighted by molar-refractivity contribution is 7.99. The molecule has 10 N–H and O–H groups in total. The maximum Gasteiger partial charge on any atom is 0.185 e. The van der Waals surface area contributed by atoms with Gasteiger partial charge in [0.15, 0.2) is 17.5 Å². The van der Waals surface area contributed by atoms with Crippen molar-refractivity contribution in [2.45, 2.75) is 81.9 Å². The molecule has 0 aliphatic carbocycles. The van der Waals surface area contributed by atoms with Crippen molar-refractivity contribution < 1.29 is 9.59 Å². The van der Waals surface area contributed by atoms with Gasteiger partial charge in [-0.25, -0.2) is 0 Å². The van der Waals surface area contributed by atoms with E-state index in [1.54, 1.807) is 43.0 Å². The number of anilines is 2. The highest BCUT2D eigenvalue weighted by atomic mass is 32.2. The first kappa shape index (κ1) is 38.5. The summed E-state index contributed by atoms with van der Waals surface area (Å²) >= 11 is 3.09. The number of nitrogen functional groups attached to an aromatic ring is 2. The molecular formula is C37H51N7O2S2. The molecule has 3 aromatic carbocycles. The Morgan fingerprint density at radius 1 is 0.667 bits per heavy atom. The lowest BCUT2D eigenvalue weighted by atomic mass is 9.85. The number of thioether (sulfide) groups is 2. The van der Waals surface area contributed by atoms with Gasteiger partial charge in [0.05, 0.1) is 18.9 Å². The number of carbonyl (C=O) groups is 2. The monoisotopic (exact) mass is 689 g/mol. The molecule has 0 aliphatic rings. The average molecular weight is 690 g/mol. The average Bonchev–Trinajstić information content (AvgIpc) is 2.98. The summed E-state index contributed by atoms with van der Waals surface area (Å²) in [6.45, 7) is 15.4. The first-order valence-electron chi connectivity index (χ1n) is 16.0. The van der Waals surface area contributed by atoms with Gasteiger partial charge in [0.2, 0.25) is 0 Å². The van der Waals surface area contributed by atoms with Crippen molar-refractivity contribution in [1.82, 2.24) is 0 Å². The summed E-state index contributed by atoms with van der Waals surface area (Å²) in [5.74, 6) is 1.64. The summed E-state index contributed by atoms with van der Waals surface area (Å²) in [4.78, 5) is 37.6. The second-order valence-electron chi connectivity index (χ2n) is 13.9. The molecule has 3 aromatic rings. The molecule has 11 heteroatoms. The largest absolute Gasteiger partial charge is 0.398 e. The minimum atomic E-state index is -0.166. The van der Waals surface area contributed by atoms with Gasteiger partial charge in [-0.05, 0) is 58.2 Å². The first-order chi connectivity index (χ1) is 22.4. The third-order valence-corrected chi connectivity index (χ3v) is 10.0. The van der Waals surface area contributed by atoms with Crippen LogP contribution in [-0.2, 0) is 23.7 Å². The van der Waals surface area contributed by atoms with Crippen LogP contribution in [0.15, 0.2) is 68.3 Å². The van der Waals surface area contributed by atoms with Crippen molar-refractivity contribution in [2.24, 2.45) is 27.2 Å². The van der Waals surface area contributed by atoms with Gasteiger partial charge in [-0.2, -0.15) is 0 Å². The smallest absolute Gasteiger partial charge is 0.185 e. The number of carbonyl (C=O) groups excluding carboxylic acids is 2. The fraction of sp³-hybridized carbons (Fsp3) is 0.405. The maximum absolute atomic E-state index is 13.8. The number of guanidine groups is 1.